The van der Waals surface area contributed by atoms with Crippen molar-refractivity contribution in [3.8, 4) is 11.5 Å². The van der Waals surface area contributed by atoms with E-state index in [1.54, 1.807) is 6.08 Å². The van der Waals surface area contributed by atoms with Crippen molar-refractivity contribution in [3.05, 3.63) is 53.1 Å². The zero-order chi connectivity index (χ0) is 20.1. The minimum absolute atomic E-state index is 0.222. The minimum atomic E-state index is -0.222. The Labute approximate surface area is 169 Å². The van der Waals surface area contributed by atoms with E-state index in [2.05, 4.69) is 23.3 Å². The topological polar surface area (TPSA) is 60.5 Å². The van der Waals surface area contributed by atoms with Gasteiger partial charge in [-0.2, -0.15) is 0 Å². The highest BCUT2D eigenvalue weighted by molar-refractivity contribution is 7.22. The molecule has 2 aromatic carbocycles. The summed E-state index contributed by atoms with van der Waals surface area (Å²) in [6, 6.07) is 9.72. The van der Waals surface area contributed by atoms with Gasteiger partial charge in [-0.05, 0) is 68.7 Å². The molecule has 1 amide bonds. The molecule has 0 radical (unpaired) electrons. The second-order valence-electron chi connectivity index (χ2n) is 6.27. The monoisotopic (exact) mass is 396 g/mol. The number of rotatable bonds is 7. The molecule has 0 spiro atoms. The van der Waals surface area contributed by atoms with Gasteiger partial charge >= 0.3 is 0 Å². The summed E-state index contributed by atoms with van der Waals surface area (Å²) in [4.78, 5) is 16.9. The van der Waals surface area contributed by atoms with E-state index in [4.69, 9.17) is 9.47 Å². The molecule has 0 aliphatic carbocycles. The fourth-order valence-corrected chi connectivity index (χ4v) is 3.70. The van der Waals surface area contributed by atoms with Gasteiger partial charge in [-0.1, -0.05) is 23.5 Å². The Morgan fingerprint density at radius 1 is 1.11 bits per heavy atom. The molecule has 0 aliphatic rings. The van der Waals surface area contributed by atoms with Crippen molar-refractivity contribution in [2.24, 2.45) is 0 Å². The molecule has 6 heteroatoms. The molecule has 0 saturated heterocycles. The molecule has 0 bridgehead atoms. The van der Waals surface area contributed by atoms with Crippen molar-refractivity contribution < 1.29 is 14.3 Å². The fourth-order valence-electron chi connectivity index (χ4n) is 2.77. The number of anilines is 1. The third-order valence-electron chi connectivity index (χ3n) is 4.31. The van der Waals surface area contributed by atoms with Gasteiger partial charge in [0.05, 0.1) is 23.4 Å². The van der Waals surface area contributed by atoms with E-state index < -0.39 is 0 Å². The molecule has 1 heterocycles. The number of aromatic nitrogens is 1. The number of hydrogen-bond acceptors (Lipinski definition) is 5. The average molecular weight is 397 g/mol. The molecule has 0 aliphatic heterocycles. The highest BCUT2D eigenvalue weighted by Gasteiger charge is 2.09. The Bertz CT molecular complexity index is 1020. The SMILES string of the molecule is CCOc1ccc(/C=C/C(=O)Nc2nc3c(C)c(C)ccc3s2)cc1OCC. The van der Waals surface area contributed by atoms with Crippen LogP contribution in [0.25, 0.3) is 16.3 Å². The lowest BCUT2D eigenvalue weighted by Crippen LogP contribution is -2.07. The van der Waals surface area contributed by atoms with Crippen LogP contribution in [-0.4, -0.2) is 24.1 Å². The predicted octanol–water partition coefficient (Wildman–Crippen LogP) is 5.36. The van der Waals surface area contributed by atoms with Crippen LogP contribution in [0.1, 0.15) is 30.5 Å². The van der Waals surface area contributed by atoms with Gasteiger partial charge in [0.15, 0.2) is 16.6 Å². The highest BCUT2D eigenvalue weighted by Crippen LogP contribution is 2.30. The van der Waals surface area contributed by atoms with Crippen molar-refractivity contribution in [3.63, 3.8) is 0 Å². The largest absolute Gasteiger partial charge is 0.490 e. The summed E-state index contributed by atoms with van der Waals surface area (Å²) in [6.45, 7) is 9.07. The number of nitrogens with one attached hydrogen (secondary N) is 1. The molecule has 28 heavy (non-hydrogen) atoms. The van der Waals surface area contributed by atoms with Crippen LogP contribution in [-0.2, 0) is 4.79 Å². The first-order chi connectivity index (χ1) is 13.5. The van der Waals surface area contributed by atoms with Crippen molar-refractivity contribution >= 4 is 38.7 Å². The number of carbonyl (C=O) groups is 1. The number of fused-ring (bicyclic) bond motifs is 1. The number of amides is 1. The summed E-state index contributed by atoms with van der Waals surface area (Å²) in [7, 11) is 0. The molecule has 0 fully saturated rings. The summed E-state index contributed by atoms with van der Waals surface area (Å²) < 4.78 is 12.2. The number of benzene rings is 2. The maximum absolute atomic E-state index is 12.3. The van der Waals surface area contributed by atoms with E-state index >= 15 is 0 Å². The van der Waals surface area contributed by atoms with Crippen molar-refractivity contribution in [2.45, 2.75) is 27.7 Å². The maximum atomic E-state index is 12.3. The number of thiazole rings is 1. The van der Waals surface area contributed by atoms with Crippen LogP contribution < -0.4 is 14.8 Å². The Balaban J connectivity index is 1.73. The summed E-state index contributed by atoms with van der Waals surface area (Å²) in [6.07, 6.45) is 3.24. The molecular weight excluding hydrogens is 372 g/mol. The third kappa shape index (κ3) is 4.51. The Morgan fingerprint density at radius 3 is 2.61 bits per heavy atom. The van der Waals surface area contributed by atoms with E-state index in [0.717, 1.165) is 21.3 Å². The second-order valence-corrected chi connectivity index (χ2v) is 7.30. The molecule has 3 aromatic rings. The fraction of sp³-hybridized carbons (Fsp3) is 0.273. The summed E-state index contributed by atoms with van der Waals surface area (Å²) in [5.74, 6) is 1.15. The van der Waals surface area contributed by atoms with Gasteiger partial charge in [0.2, 0.25) is 5.91 Å². The molecule has 146 valence electrons. The molecule has 5 nitrogen and oxygen atoms in total. The molecular formula is C22H24N2O3S. The first kappa shape index (κ1) is 19.9. The lowest BCUT2D eigenvalue weighted by Gasteiger charge is -2.11. The molecule has 3 rings (SSSR count). The van der Waals surface area contributed by atoms with Crippen LogP contribution >= 0.6 is 11.3 Å². The number of nitrogens with zero attached hydrogens (tertiary/aromatic N) is 1. The Kier molecular flexibility index (Phi) is 6.31. The van der Waals surface area contributed by atoms with E-state index in [0.29, 0.717) is 29.8 Å². The van der Waals surface area contributed by atoms with Gasteiger partial charge in [-0.3, -0.25) is 10.1 Å². The Hall–Kier alpha value is -2.86. The standard InChI is InChI=1S/C22H24N2O3S/c1-5-26-17-10-8-16(13-18(17)27-6-2)9-12-20(25)23-22-24-21-15(4)14(3)7-11-19(21)28-22/h7-13H,5-6H2,1-4H3,(H,23,24,25)/b12-9+. The Morgan fingerprint density at radius 2 is 1.86 bits per heavy atom. The average Bonchev–Trinajstić information content (AvgIpc) is 3.08. The molecule has 1 N–H and O–H groups in total. The van der Waals surface area contributed by atoms with Crippen LogP contribution in [0.3, 0.4) is 0 Å². The van der Waals surface area contributed by atoms with E-state index in [9.17, 15) is 4.79 Å². The van der Waals surface area contributed by atoms with Gasteiger partial charge in [-0.15, -0.1) is 0 Å². The number of hydrogen-bond donors (Lipinski definition) is 1. The van der Waals surface area contributed by atoms with Crippen LogP contribution in [0, 0.1) is 13.8 Å². The highest BCUT2D eigenvalue weighted by atomic mass is 32.1. The van der Waals surface area contributed by atoms with Gasteiger partial charge in [-0.25, -0.2) is 4.98 Å². The number of carbonyl (C=O) groups excluding carboxylic acids is 1. The van der Waals surface area contributed by atoms with Crippen LogP contribution in [0.15, 0.2) is 36.4 Å². The normalized spacial score (nSPS) is 11.1. The van der Waals surface area contributed by atoms with Crippen LogP contribution in [0.2, 0.25) is 0 Å². The van der Waals surface area contributed by atoms with Gasteiger partial charge in [0.1, 0.15) is 0 Å². The zero-order valence-electron chi connectivity index (χ0n) is 16.5. The van der Waals surface area contributed by atoms with Crippen molar-refractivity contribution in [1.82, 2.24) is 4.98 Å². The summed E-state index contributed by atoms with van der Waals surface area (Å²) in [5, 5.41) is 3.44. The first-order valence-corrected chi connectivity index (χ1v) is 10.1. The first-order valence-electron chi connectivity index (χ1n) is 9.27. The third-order valence-corrected chi connectivity index (χ3v) is 5.25. The number of aryl methyl sites for hydroxylation is 2. The maximum Gasteiger partial charge on any atom is 0.250 e. The lowest BCUT2D eigenvalue weighted by molar-refractivity contribution is -0.111. The van der Waals surface area contributed by atoms with Gasteiger partial charge < -0.3 is 9.47 Å². The lowest BCUT2D eigenvalue weighted by atomic mass is 10.1. The predicted molar refractivity (Wildman–Crippen MR) is 116 cm³/mol. The summed E-state index contributed by atoms with van der Waals surface area (Å²) in [5.41, 5.74) is 4.13. The van der Waals surface area contributed by atoms with E-state index in [-0.39, 0.29) is 5.91 Å². The molecule has 1 aromatic heterocycles. The number of ether oxygens (including phenoxy) is 2. The molecule has 0 atom stereocenters. The molecule has 0 saturated carbocycles. The van der Waals surface area contributed by atoms with Crippen LogP contribution in [0.5, 0.6) is 11.5 Å². The summed E-state index contributed by atoms with van der Waals surface area (Å²) >= 11 is 1.47. The van der Waals surface area contributed by atoms with E-state index in [1.165, 1.54) is 23.0 Å². The zero-order valence-corrected chi connectivity index (χ0v) is 17.4. The quantitative estimate of drug-likeness (QED) is 0.546. The van der Waals surface area contributed by atoms with Crippen LogP contribution in [0.4, 0.5) is 5.13 Å². The van der Waals surface area contributed by atoms with Crippen molar-refractivity contribution in [1.29, 1.82) is 0 Å². The van der Waals surface area contributed by atoms with Gasteiger partial charge in [0, 0.05) is 6.08 Å². The van der Waals surface area contributed by atoms with Gasteiger partial charge in [0.25, 0.3) is 0 Å². The second kappa shape index (κ2) is 8.89. The van der Waals surface area contributed by atoms with Crippen molar-refractivity contribution in [2.75, 3.05) is 18.5 Å². The molecule has 0 unspecified atom stereocenters. The minimum Gasteiger partial charge on any atom is -0.490 e. The van der Waals surface area contributed by atoms with E-state index in [1.807, 2.05) is 45.0 Å². The smallest absolute Gasteiger partial charge is 0.250 e.